The highest BCUT2D eigenvalue weighted by Gasteiger charge is 2.51. The topological polar surface area (TPSA) is 120 Å². The van der Waals surface area contributed by atoms with Crippen LogP contribution in [-0.2, 0) is 41.6 Å². The fraction of sp³-hybridized carbons (Fsp3) is 0.382. The number of hydrogen-bond donors (Lipinski definition) is 0. The van der Waals surface area contributed by atoms with Gasteiger partial charge in [-0.3, -0.25) is 0 Å². The number of esters is 2. The number of fused-ring (bicyclic) bond motifs is 2. The number of halogens is 1. The van der Waals surface area contributed by atoms with Crippen molar-refractivity contribution in [1.82, 2.24) is 24.8 Å². The van der Waals surface area contributed by atoms with Crippen molar-refractivity contribution in [3.8, 4) is 5.69 Å². The summed E-state index contributed by atoms with van der Waals surface area (Å²) in [6, 6.07) is 18.0. The summed E-state index contributed by atoms with van der Waals surface area (Å²) in [6.07, 6.45) is 2.25. The first-order valence-electron chi connectivity index (χ1n) is 15.5. The third kappa shape index (κ3) is 5.97. The van der Waals surface area contributed by atoms with Crippen LogP contribution >= 0.6 is 0 Å². The zero-order valence-electron chi connectivity index (χ0n) is 26.1. The minimum Gasteiger partial charge on any atom is -0.463 e. The maximum Gasteiger partial charge on any atom is 0.350 e. The van der Waals surface area contributed by atoms with E-state index in [0.717, 1.165) is 35.7 Å². The summed E-state index contributed by atoms with van der Waals surface area (Å²) in [5.74, 6) is -2.11. The van der Waals surface area contributed by atoms with E-state index in [2.05, 4.69) is 10.3 Å². The van der Waals surface area contributed by atoms with Gasteiger partial charge in [-0.15, -0.1) is 5.10 Å². The van der Waals surface area contributed by atoms with Gasteiger partial charge in [0.25, 0.3) is 5.60 Å². The lowest BCUT2D eigenvalue weighted by molar-refractivity contribution is -0.192. The van der Waals surface area contributed by atoms with Crippen LogP contribution in [0, 0.1) is 12.7 Å². The molecule has 0 spiro atoms. The number of nitrogens with zero attached hydrogens (tertiary/aromatic N) is 5. The monoisotopic (exact) mass is 629 g/mol. The van der Waals surface area contributed by atoms with Crippen LogP contribution in [0.1, 0.15) is 56.2 Å². The molecular weight excluding hydrogens is 593 g/mol. The first-order valence-corrected chi connectivity index (χ1v) is 15.5. The van der Waals surface area contributed by atoms with E-state index >= 15 is 0 Å². The summed E-state index contributed by atoms with van der Waals surface area (Å²) in [4.78, 5) is 27.0. The number of rotatable bonds is 11. The summed E-state index contributed by atoms with van der Waals surface area (Å²) < 4.78 is 41.2. The number of ether oxygens (including phenoxy) is 4. The predicted molar refractivity (Wildman–Crippen MR) is 167 cm³/mol. The molecule has 0 bridgehead atoms. The highest BCUT2D eigenvalue weighted by Crippen LogP contribution is 2.32. The van der Waals surface area contributed by atoms with E-state index in [-0.39, 0.29) is 38.0 Å². The van der Waals surface area contributed by atoms with Gasteiger partial charge in [-0.1, -0.05) is 35.5 Å². The van der Waals surface area contributed by atoms with Gasteiger partial charge < -0.3 is 18.9 Å². The normalized spacial score (nSPS) is 15.3. The van der Waals surface area contributed by atoms with E-state index in [4.69, 9.17) is 24.0 Å². The highest BCUT2D eigenvalue weighted by atomic mass is 19.1. The first kappa shape index (κ1) is 31.3. The molecule has 1 fully saturated rings. The van der Waals surface area contributed by atoms with E-state index in [0.29, 0.717) is 29.1 Å². The van der Waals surface area contributed by atoms with E-state index in [1.165, 1.54) is 6.07 Å². The van der Waals surface area contributed by atoms with Gasteiger partial charge in [0.15, 0.2) is 12.0 Å². The Morgan fingerprint density at radius 3 is 2.46 bits per heavy atom. The van der Waals surface area contributed by atoms with Gasteiger partial charge in [-0.25, -0.2) is 23.3 Å². The number of benzene rings is 3. The molecule has 0 radical (unpaired) electrons. The van der Waals surface area contributed by atoms with Crippen LogP contribution in [0.25, 0.3) is 27.6 Å². The Balaban J connectivity index is 1.43. The molecule has 1 atom stereocenters. The molecule has 46 heavy (non-hydrogen) atoms. The predicted octanol–water partition coefficient (Wildman–Crippen LogP) is 5.54. The number of carbonyl (C=O) groups is 2. The van der Waals surface area contributed by atoms with Crippen LogP contribution in [0.3, 0.4) is 0 Å². The summed E-state index contributed by atoms with van der Waals surface area (Å²) in [7, 11) is 0. The molecule has 0 aliphatic carbocycles. The van der Waals surface area contributed by atoms with E-state index in [1.54, 1.807) is 23.2 Å². The minimum absolute atomic E-state index is 0.0535. The second-order valence-electron chi connectivity index (χ2n) is 11.2. The Labute approximate surface area is 265 Å². The Hall–Kier alpha value is -4.68. The lowest BCUT2D eigenvalue weighted by Crippen LogP contribution is -2.53. The minimum atomic E-state index is -2.06. The van der Waals surface area contributed by atoms with E-state index in [9.17, 15) is 14.0 Å². The van der Waals surface area contributed by atoms with Crippen LogP contribution in [-0.4, -0.2) is 62.1 Å². The molecule has 1 unspecified atom stereocenters. The molecule has 1 aliphatic rings. The van der Waals surface area contributed by atoms with Crippen LogP contribution in [0.15, 0.2) is 60.7 Å². The van der Waals surface area contributed by atoms with Gasteiger partial charge in [-0.2, -0.15) is 5.10 Å². The quantitative estimate of drug-likeness (QED) is 0.137. The second kappa shape index (κ2) is 13.4. The number of aryl methyl sites for hydroxylation is 1. The lowest BCUT2D eigenvalue weighted by Gasteiger charge is -2.29. The van der Waals surface area contributed by atoms with Gasteiger partial charge >= 0.3 is 11.9 Å². The number of carbonyl (C=O) groups excluding carboxylic acids is 2. The van der Waals surface area contributed by atoms with Crippen molar-refractivity contribution in [2.24, 2.45) is 0 Å². The third-order valence-electron chi connectivity index (χ3n) is 8.05. The zero-order chi connectivity index (χ0) is 32.3. The van der Waals surface area contributed by atoms with Gasteiger partial charge in [0.05, 0.1) is 42.2 Å². The summed E-state index contributed by atoms with van der Waals surface area (Å²) in [6.45, 7) is 5.65. The van der Waals surface area contributed by atoms with Crippen LogP contribution in [0.5, 0.6) is 0 Å². The molecule has 5 aromatic rings. The highest BCUT2D eigenvalue weighted by molar-refractivity contribution is 6.04. The van der Waals surface area contributed by atoms with E-state index < -0.39 is 23.4 Å². The average molecular weight is 630 g/mol. The van der Waals surface area contributed by atoms with Crippen molar-refractivity contribution < 1.29 is 32.9 Å². The van der Waals surface area contributed by atoms with Gasteiger partial charge in [0.2, 0.25) is 0 Å². The zero-order valence-corrected chi connectivity index (χ0v) is 26.1. The summed E-state index contributed by atoms with van der Waals surface area (Å²) in [5, 5.41) is 13.9. The Morgan fingerprint density at radius 2 is 1.76 bits per heavy atom. The maximum absolute atomic E-state index is 14.6. The van der Waals surface area contributed by atoms with Crippen molar-refractivity contribution in [2.75, 3.05) is 19.8 Å². The molecule has 3 heterocycles. The van der Waals surface area contributed by atoms with Crippen LogP contribution in [0.4, 0.5) is 4.39 Å². The molecule has 12 heteroatoms. The molecule has 0 saturated carbocycles. The fourth-order valence-corrected chi connectivity index (χ4v) is 5.84. The summed E-state index contributed by atoms with van der Waals surface area (Å²) >= 11 is 0. The summed E-state index contributed by atoms with van der Waals surface area (Å²) in [5.41, 5.74) is 1.97. The lowest BCUT2D eigenvalue weighted by atomic mass is 9.94. The smallest absolute Gasteiger partial charge is 0.350 e. The Bertz CT molecular complexity index is 1850. The molecule has 0 amide bonds. The fourth-order valence-electron chi connectivity index (χ4n) is 5.84. The van der Waals surface area contributed by atoms with Crippen LogP contribution in [0.2, 0.25) is 0 Å². The van der Waals surface area contributed by atoms with Crippen molar-refractivity contribution >= 4 is 33.9 Å². The SMILES string of the molecule is CCOC(=O)C(Cc1ccccc1)(OCc1nn(C2CCCCO2)c2cc(-n3nnc4c(F)cc(C)cc43)ccc12)C(=O)OCC. The van der Waals surface area contributed by atoms with Crippen LogP contribution < -0.4 is 0 Å². The van der Waals surface area contributed by atoms with Gasteiger partial charge in [-0.05, 0) is 81.5 Å². The molecule has 1 aliphatic heterocycles. The molecule has 11 nitrogen and oxygen atoms in total. The van der Waals surface area contributed by atoms with Crippen molar-refractivity contribution in [2.45, 2.75) is 64.9 Å². The van der Waals surface area contributed by atoms with Crippen molar-refractivity contribution in [3.05, 3.63) is 83.3 Å². The number of hydrogen-bond acceptors (Lipinski definition) is 9. The molecule has 1 saturated heterocycles. The molecule has 2 aromatic heterocycles. The average Bonchev–Trinajstić information content (AvgIpc) is 3.65. The second-order valence-corrected chi connectivity index (χ2v) is 11.2. The molecular formula is C34H36FN5O6. The molecule has 6 rings (SSSR count). The van der Waals surface area contributed by atoms with Gasteiger partial charge in [0.1, 0.15) is 5.52 Å². The third-order valence-corrected chi connectivity index (χ3v) is 8.05. The molecule has 0 N–H and O–H groups in total. The van der Waals surface area contributed by atoms with Crippen molar-refractivity contribution in [3.63, 3.8) is 0 Å². The first-order chi connectivity index (χ1) is 22.3. The standard InChI is InChI=1S/C34H36FN5O6/c1-4-43-32(41)34(33(42)44-5-2,20-23-11-7-6-8-12-23)46-21-27-25-15-14-24(19-28(25)40(37-27)30-13-9-10-16-45-30)39-29-18-22(3)17-26(35)31(29)36-38-39/h6-8,11-12,14-15,17-19,30H,4-5,9-10,13,16,20-21H2,1-3H3. The molecule has 3 aromatic carbocycles. The Kier molecular flexibility index (Phi) is 9.09. The maximum atomic E-state index is 14.6. The van der Waals surface area contributed by atoms with Gasteiger partial charge in [0, 0.05) is 18.4 Å². The largest absolute Gasteiger partial charge is 0.463 e. The Morgan fingerprint density at radius 1 is 1.00 bits per heavy atom. The number of aromatic nitrogens is 5. The molecule has 240 valence electrons. The van der Waals surface area contributed by atoms with E-state index in [1.807, 2.05) is 61.5 Å². The van der Waals surface area contributed by atoms with Crippen molar-refractivity contribution in [1.29, 1.82) is 0 Å².